The molecule has 5 nitrogen and oxygen atoms in total. The largest absolute Gasteiger partial charge is 0.435 e. The Kier molecular flexibility index (Phi) is 6.31. The SMILES string of the molecule is Cc1cc(CNc2ccc(C(F)(C(F)(F)F)C(F)(F)F)cc2CN)ccc1[N+](=O)[O-]. The van der Waals surface area contributed by atoms with Crippen molar-refractivity contribution >= 4 is 11.4 Å². The Hall–Kier alpha value is -2.89. The van der Waals surface area contributed by atoms with E-state index in [1.54, 1.807) is 0 Å². The van der Waals surface area contributed by atoms with Crippen molar-refractivity contribution in [3.05, 3.63) is 68.8 Å². The minimum Gasteiger partial charge on any atom is -0.381 e. The van der Waals surface area contributed by atoms with E-state index in [9.17, 15) is 40.8 Å². The highest BCUT2D eigenvalue weighted by atomic mass is 19.4. The van der Waals surface area contributed by atoms with Crippen molar-refractivity contribution in [2.75, 3.05) is 5.32 Å². The number of benzene rings is 2. The van der Waals surface area contributed by atoms with Crippen molar-refractivity contribution in [3.8, 4) is 0 Å². The van der Waals surface area contributed by atoms with Crippen LogP contribution < -0.4 is 11.1 Å². The number of nitro benzene ring substituents is 1. The zero-order valence-electron chi connectivity index (χ0n) is 15.4. The number of halogens is 7. The summed E-state index contributed by atoms with van der Waals surface area (Å²) in [6, 6.07) is 5.90. The van der Waals surface area contributed by atoms with Crippen LogP contribution in [-0.2, 0) is 18.8 Å². The summed E-state index contributed by atoms with van der Waals surface area (Å²) in [5.41, 5.74) is -0.981. The fourth-order valence-electron chi connectivity index (χ4n) is 2.87. The summed E-state index contributed by atoms with van der Waals surface area (Å²) < 4.78 is 91.8. The van der Waals surface area contributed by atoms with E-state index in [2.05, 4.69) is 5.32 Å². The summed E-state index contributed by atoms with van der Waals surface area (Å²) in [6.07, 6.45) is -12.4. The van der Waals surface area contributed by atoms with Crippen LogP contribution in [-0.4, -0.2) is 17.3 Å². The summed E-state index contributed by atoms with van der Waals surface area (Å²) >= 11 is 0. The molecular weight excluding hydrogens is 423 g/mol. The fourth-order valence-corrected chi connectivity index (χ4v) is 2.87. The molecule has 0 aliphatic carbocycles. The molecule has 0 unspecified atom stereocenters. The van der Waals surface area contributed by atoms with E-state index < -0.39 is 35.1 Å². The lowest BCUT2D eigenvalue weighted by atomic mass is 9.92. The van der Waals surface area contributed by atoms with Crippen molar-refractivity contribution in [1.82, 2.24) is 0 Å². The number of hydrogen-bond donors (Lipinski definition) is 2. The molecule has 2 aromatic rings. The summed E-state index contributed by atoms with van der Waals surface area (Å²) in [7, 11) is 0. The van der Waals surface area contributed by atoms with Gasteiger partial charge in [-0.05, 0) is 36.2 Å². The molecule has 0 heterocycles. The first kappa shape index (κ1) is 23.4. The molecule has 0 amide bonds. The van der Waals surface area contributed by atoms with Gasteiger partial charge in [0, 0.05) is 36.0 Å². The van der Waals surface area contributed by atoms with Crippen molar-refractivity contribution in [2.24, 2.45) is 5.73 Å². The predicted octanol–water partition coefficient (Wildman–Crippen LogP) is 5.26. The normalized spacial score (nSPS) is 12.7. The van der Waals surface area contributed by atoms with E-state index in [0.717, 1.165) is 6.07 Å². The molecule has 0 aliphatic rings. The van der Waals surface area contributed by atoms with E-state index in [4.69, 9.17) is 5.73 Å². The Balaban J connectivity index is 2.34. The van der Waals surface area contributed by atoms with Crippen LogP contribution in [0.4, 0.5) is 42.1 Å². The van der Waals surface area contributed by atoms with E-state index in [-0.39, 0.29) is 23.5 Å². The Bertz CT molecular complexity index is 928. The zero-order chi connectivity index (χ0) is 22.9. The lowest BCUT2D eigenvalue weighted by Crippen LogP contribution is -2.50. The number of nitrogens with zero attached hydrogens (tertiary/aromatic N) is 1. The van der Waals surface area contributed by atoms with Gasteiger partial charge in [-0.15, -0.1) is 0 Å². The second-order valence-electron chi connectivity index (χ2n) is 6.46. The molecule has 0 radical (unpaired) electrons. The highest BCUT2D eigenvalue weighted by Gasteiger charge is 2.73. The molecule has 0 saturated heterocycles. The number of nitrogens with one attached hydrogen (secondary N) is 1. The molecular formula is C18H16F7N3O2. The van der Waals surface area contributed by atoms with Crippen LogP contribution in [0.15, 0.2) is 36.4 Å². The predicted molar refractivity (Wildman–Crippen MR) is 94.4 cm³/mol. The van der Waals surface area contributed by atoms with Gasteiger partial charge in [-0.2, -0.15) is 26.3 Å². The van der Waals surface area contributed by atoms with Crippen LogP contribution in [0.2, 0.25) is 0 Å². The average Bonchev–Trinajstić information content (AvgIpc) is 2.63. The number of nitro groups is 1. The molecule has 3 N–H and O–H groups in total. The van der Waals surface area contributed by atoms with E-state index in [1.165, 1.54) is 25.1 Å². The molecule has 0 aliphatic heterocycles. The Morgan fingerprint density at radius 3 is 2.07 bits per heavy atom. The number of rotatable bonds is 6. The minimum atomic E-state index is -6.22. The monoisotopic (exact) mass is 439 g/mol. The first-order valence-corrected chi connectivity index (χ1v) is 8.36. The van der Waals surface area contributed by atoms with E-state index in [0.29, 0.717) is 23.3 Å². The van der Waals surface area contributed by atoms with Crippen LogP contribution >= 0.6 is 0 Å². The highest BCUT2D eigenvalue weighted by molar-refractivity contribution is 5.54. The molecule has 0 saturated carbocycles. The molecule has 0 fully saturated rings. The van der Waals surface area contributed by atoms with E-state index >= 15 is 0 Å². The number of aryl methyl sites for hydroxylation is 1. The first-order valence-electron chi connectivity index (χ1n) is 8.36. The molecule has 2 rings (SSSR count). The smallest absolute Gasteiger partial charge is 0.381 e. The van der Waals surface area contributed by atoms with Gasteiger partial charge < -0.3 is 11.1 Å². The number of anilines is 1. The van der Waals surface area contributed by atoms with Crippen molar-refractivity contribution in [2.45, 2.75) is 38.0 Å². The maximum absolute atomic E-state index is 14.2. The standard InChI is InChI=1S/C18H16F7N3O2/c1-10-6-11(2-5-15(10)28(29)30)9-27-14-4-3-13(7-12(14)8-26)16(19,17(20,21)22)18(23,24)25/h2-7,27H,8-9,26H2,1H3. The maximum atomic E-state index is 14.2. The molecule has 2 aromatic carbocycles. The van der Waals surface area contributed by atoms with Crippen molar-refractivity contribution in [3.63, 3.8) is 0 Å². The second kappa shape index (κ2) is 8.09. The lowest BCUT2D eigenvalue weighted by molar-refractivity contribution is -0.385. The molecule has 164 valence electrons. The van der Waals surface area contributed by atoms with Gasteiger partial charge in [-0.1, -0.05) is 12.1 Å². The molecule has 0 spiro atoms. The Morgan fingerprint density at radius 2 is 1.60 bits per heavy atom. The van der Waals surface area contributed by atoms with Gasteiger partial charge in [0.15, 0.2) is 0 Å². The van der Waals surface area contributed by atoms with Gasteiger partial charge in [0.25, 0.3) is 5.69 Å². The minimum absolute atomic E-state index is 0.0461. The van der Waals surface area contributed by atoms with Gasteiger partial charge >= 0.3 is 18.0 Å². The lowest BCUT2D eigenvalue weighted by Gasteiger charge is -2.31. The number of alkyl halides is 7. The summed E-state index contributed by atoms with van der Waals surface area (Å²) in [4.78, 5) is 10.3. The van der Waals surface area contributed by atoms with Crippen molar-refractivity contribution in [1.29, 1.82) is 0 Å². The third-order valence-electron chi connectivity index (χ3n) is 4.45. The topological polar surface area (TPSA) is 81.2 Å². The van der Waals surface area contributed by atoms with E-state index in [1.807, 2.05) is 0 Å². The third-order valence-corrected chi connectivity index (χ3v) is 4.45. The van der Waals surface area contributed by atoms with Crippen LogP contribution in [0, 0.1) is 17.0 Å². The maximum Gasteiger partial charge on any atom is 0.435 e. The Labute approximate surface area is 165 Å². The Morgan fingerprint density at radius 1 is 1.00 bits per heavy atom. The van der Waals surface area contributed by atoms with Gasteiger partial charge in [0.2, 0.25) is 0 Å². The quantitative estimate of drug-likeness (QED) is 0.365. The molecule has 30 heavy (non-hydrogen) atoms. The average molecular weight is 439 g/mol. The van der Waals surface area contributed by atoms with Gasteiger partial charge in [-0.3, -0.25) is 10.1 Å². The highest BCUT2D eigenvalue weighted by Crippen LogP contribution is 2.53. The number of hydrogen-bond acceptors (Lipinski definition) is 4. The van der Waals surface area contributed by atoms with Gasteiger partial charge in [-0.25, -0.2) is 4.39 Å². The summed E-state index contributed by atoms with van der Waals surface area (Å²) in [5, 5.41) is 13.6. The molecule has 0 bridgehead atoms. The van der Waals surface area contributed by atoms with Crippen LogP contribution in [0.5, 0.6) is 0 Å². The van der Waals surface area contributed by atoms with Crippen LogP contribution in [0.1, 0.15) is 22.3 Å². The van der Waals surface area contributed by atoms with Gasteiger partial charge in [0.1, 0.15) is 0 Å². The molecule has 0 atom stereocenters. The number of nitrogens with two attached hydrogens (primary N) is 1. The van der Waals surface area contributed by atoms with Crippen LogP contribution in [0.3, 0.4) is 0 Å². The molecule has 12 heteroatoms. The summed E-state index contributed by atoms with van der Waals surface area (Å²) in [5.74, 6) is 0. The van der Waals surface area contributed by atoms with Gasteiger partial charge in [0.05, 0.1) is 4.92 Å². The second-order valence-corrected chi connectivity index (χ2v) is 6.46. The van der Waals surface area contributed by atoms with Crippen molar-refractivity contribution < 1.29 is 35.7 Å². The third kappa shape index (κ3) is 4.32. The summed E-state index contributed by atoms with van der Waals surface area (Å²) in [6.45, 7) is 1.10. The fraction of sp³-hybridized carbons (Fsp3) is 0.333. The zero-order valence-corrected chi connectivity index (χ0v) is 15.4. The first-order chi connectivity index (χ1) is 13.7. The molecule has 0 aromatic heterocycles. The van der Waals surface area contributed by atoms with Crippen LogP contribution in [0.25, 0.3) is 0 Å².